The second kappa shape index (κ2) is 3.96. The molecule has 1 saturated carbocycles. The largest absolute Gasteiger partial charge is 0.493 e. The Hall–Kier alpha value is -1.84. The van der Waals surface area contributed by atoms with Gasteiger partial charge in [-0.1, -0.05) is 0 Å². The summed E-state index contributed by atoms with van der Waals surface area (Å²) in [5, 5.41) is 7.48. The molecule has 0 N–H and O–H groups in total. The summed E-state index contributed by atoms with van der Waals surface area (Å²) in [6, 6.07) is 7.72. The Morgan fingerprint density at radius 3 is 2.69 bits per heavy atom. The maximum Gasteiger partial charge on any atom is 0.247 e. The number of hydrogen-bond donors (Lipinski definition) is 0. The molecule has 0 bridgehead atoms. The number of ether oxygens (including phenoxy) is 1. The van der Waals surface area contributed by atoms with Gasteiger partial charge in [0.05, 0.1) is 6.61 Å². The Morgan fingerprint density at radius 1 is 1.25 bits per heavy atom. The maximum atomic E-state index is 5.64. The normalized spacial score (nSPS) is 15.0. The summed E-state index contributed by atoms with van der Waals surface area (Å²) in [4.78, 5) is 0. The molecular weight excluding hydrogens is 204 g/mol. The second-order valence-electron chi connectivity index (χ2n) is 4.02. The van der Waals surface area contributed by atoms with Crippen molar-refractivity contribution in [2.45, 2.75) is 12.8 Å². The first kappa shape index (κ1) is 9.39. The van der Waals surface area contributed by atoms with E-state index in [0.717, 1.165) is 23.8 Å². The molecule has 1 aromatic carbocycles. The molecule has 4 nitrogen and oxygen atoms in total. The predicted octanol–water partition coefficient (Wildman–Crippen LogP) is 2.53. The fraction of sp³-hybridized carbons (Fsp3) is 0.333. The first-order valence-corrected chi connectivity index (χ1v) is 5.41. The van der Waals surface area contributed by atoms with E-state index in [9.17, 15) is 0 Å². The quantitative estimate of drug-likeness (QED) is 0.787. The highest BCUT2D eigenvalue weighted by Gasteiger charge is 2.21. The third-order valence-electron chi connectivity index (χ3n) is 2.64. The molecule has 2 aromatic rings. The van der Waals surface area contributed by atoms with Crippen LogP contribution in [0.4, 0.5) is 0 Å². The summed E-state index contributed by atoms with van der Waals surface area (Å²) in [6.07, 6.45) is 3.94. The molecule has 0 aliphatic heterocycles. The Labute approximate surface area is 93.3 Å². The molecule has 0 saturated heterocycles. The van der Waals surface area contributed by atoms with Gasteiger partial charge in [0.25, 0.3) is 0 Å². The lowest BCUT2D eigenvalue weighted by atomic mass is 10.2. The van der Waals surface area contributed by atoms with Crippen LogP contribution in [0.1, 0.15) is 12.8 Å². The van der Waals surface area contributed by atoms with Crippen molar-refractivity contribution in [2.75, 3.05) is 6.61 Å². The minimum atomic E-state index is 0.536. The highest BCUT2D eigenvalue weighted by atomic mass is 16.5. The summed E-state index contributed by atoms with van der Waals surface area (Å²) < 4.78 is 10.7. The monoisotopic (exact) mass is 216 g/mol. The number of rotatable bonds is 4. The Balaban J connectivity index is 1.69. The summed E-state index contributed by atoms with van der Waals surface area (Å²) in [5.41, 5.74) is 0.913. The molecule has 0 radical (unpaired) electrons. The van der Waals surface area contributed by atoms with Crippen LogP contribution in [0.5, 0.6) is 5.75 Å². The first-order chi connectivity index (χ1) is 7.92. The standard InChI is InChI=1S/C12H12N2O2/c1-2-9(1)7-15-11-5-3-10(4-6-11)12-14-13-8-16-12/h3-6,8-9H,1-2,7H2. The summed E-state index contributed by atoms with van der Waals surface area (Å²) >= 11 is 0. The third kappa shape index (κ3) is 2.05. The Kier molecular flexibility index (Phi) is 2.33. The lowest BCUT2D eigenvalue weighted by molar-refractivity contribution is 0.300. The third-order valence-corrected chi connectivity index (χ3v) is 2.64. The van der Waals surface area contributed by atoms with Crippen molar-refractivity contribution < 1.29 is 9.15 Å². The molecule has 1 fully saturated rings. The molecule has 0 unspecified atom stereocenters. The van der Waals surface area contributed by atoms with Gasteiger partial charge in [-0.2, -0.15) is 0 Å². The van der Waals surface area contributed by atoms with Gasteiger partial charge in [-0.15, -0.1) is 10.2 Å². The minimum Gasteiger partial charge on any atom is -0.493 e. The van der Waals surface area contributed by atoms with Crippen molar-refractivity contribution in [1.82, 2.24) is 10.2 Å². The molecule has 4 heteroatoms. The average Bonchev–Trinajstić information content (AvgIpc) is 3.00. The fourth-order valence-electron chi connectivity index (χ4n) is 1.49. The SMILES string of the molecule is c1nnc(-c2ccc(OCC3CC3)cc2)o1. The van der Waals surface area contributed by atoms with Crippen molar-refractivity contribution in [3.8, 4) is 17.2 Å². The van der Waals surface area contributed by atoms with E-state index >= 15 is 0 Å². The van der Waals surface area contributed by atoms with Crippen LogP contribution < -0.4 is 4.74 Å². The molecule has 0 amide bonds. The van der Waals surface area contributed by atoms with Crippen LogP contribution in [0.2, 0.25) is 0 Å². The average molecular weight is 216 g/mol. The lowest BCUT2D eigenvalue weighted by Crippen LogP contribution is -1.98. The molecule has 1 aliphatic carbocycles. The number of aromatic nitrogens is 2. The van der Waals surface area contributed by atoms with Gasteiger partial charge < -0.3 is 9.15 Å². The smallest absolute Gasteiger partial charge is 0.247 e. The van der Waals surface area contributed by atoms with Gasteiger partial charge in [0, 0.05) is 5.56 Å². The highest BCUT2D eigenvalue weighted by molar-refractivity contribution is 5.53. The number of hydrogen-bond acceptors (Lipinski definition) is 4. The molecule has 1 aromatic heterocycles. The summed E-state index contributed by atoms with van der Waals surface area (Å²) in [6.45, 7) is 0.833. The Morgan fingerprint density at radius 2 is 2.06 bits per heavy atom. The maximum absolute atomic E-state index is 5.64. The predicted molar refractivity (Wildman–Crippen MR) is 58.0 cm³/mol. The van der Waals surface area contributed by atoms with Gasteiger partial charge in [0.2, 0.25) is 12.3 Å². The van der Waals surface area contributed by atoms with Crippen LogP contribution in [-0.2, 0) is 0 Å². The van der Waals surface area contributed by atoms with E-state index in [1.807, 2.05) is 24.3 Å². The van der Waals surface area contributed by atoms with E-state index in [2.05, 4.69) is 10.2 Å². The molecule has 0 spiro atoms. The lowest BCUT2D eigenvalue weighted by Gasteiger charge is -2.04. The van der Waals surface area contributed by atoms with Crippen molar-refractivity contribution in [3.63, 3.8) is 0 Å². The molecular formula is C12H12N2O2. The fourth-order valence-corrected chi connectivity index (χ4v) is 1.49. The molecule has 3 rings (SSSR count). The summed E-state index contributed by atoms with van der Waals surface area (Å²) in [5.74, 6) is 2.21. The second-order valence-corrected chi connectivity index (χ2v) is 4.02. The molecule has 1 aliphatic rings. The van der Waals surface area contributed by atoms with E-state index in [-0.39, 0.29) is 0 Å². The number of benzene rings is 1. The van der Waals surface area contributed by atoms with Crippen molar-refractivity contribution in [2.24, 2.45) is 5.92 Å². The zero-order valence-corrected chi connectivity index (χ0v) is 8.80. The zero-order chi connectivity index (χ0) is 10.8. The van der Waals surface area contributed by atoms with Gasteiger partial charge in [-0.3, -0.25) is 0 Å². The van der Waals surface area contributed by atoms with E-state index < -0.39 is 0 Å². The summed E-state index contributed by atoms with van der Waals surface area (Å²) in [7, 11) is 0. The van der Waals surface area contributed by atoms with Crippen LogP contribution in [0.3, 0.4) is 0 Å². The van der Waals surface area contributed by atoms with Crippen molar-refractivity contribution >= 4 is 0 Å². The molecule has 82 valence electrons. The van der Waals surface area contributed by atoms with Crippen LogP contribution >= 0.6 is 0 Å². The van der Waals surface area contributed by atoms with Crippen molar-refractivity contribution in [3.05, 3.63) is 30.7 Å². The molecule has 1 heterocycles. The van der Waals surface area contributed by atoms with E-state index in [1.165, 1.54) is 19.2 Å². The molecule has 0 atom stereocenters. The van der Waals surface area contributed by atoms with Gasteiger partial charge in [0.15, 0.2) is 0 Å². The Bertz CT molecular complexity index is 446. The van der Waals surface area contributed by atoms with Crippen molar-refractivity contribution in [1.29, 1.82) is 0 Å². The van der Waals surface area contributed by atoms with Gasteiger partial charge >= 0.3 is 0 Å². The molecule has 16 heavy (non-hydrogen) atoms. The van der Waals surface area contributed by atoms with Crippen LogP contribution in [0.25, 0.3) is 11.5 Å². The van der Waals surface area contributed by atoms with Gasteiger partial charge in [-0.25, -0.2) is 0 Å². The number of nitrogens with zero attached hydrogens (tertiary/aromatic N) is 2. The van der Waals surface area contributed by atoms with Crippen LogP contribution in [0.15, 0.2) is 35.1 Å². The van der Waals surface area contributed by atoms with E-state index in [4.69, 9.17) is 9.15 Å². The van der Waals surface area contributed by atoms with Crippen LogP contribution in [0, 0.1) is 5.92 Å². The van der Waals surface area contributed by atoms with E-state index in [0.29, 0.717) is 5.89 Å². The first-order valence-electron chi connectivity index (χ1n) is 5.41. The zero-order valence-electron chi connectivity index (χ0n) is 8.80. The minimum absolute atomic E-state index is 0.536. The van der Waals surface area contributed by atoms with E-state index in [1.54, 1.807) is 0 Å². The van der Waals surface area contributed by atoms with Crippen LogP contribution in [-0.4, -0.2) is 16.8 Å². The highest BCUT2D eigenvalue weighted by Crippen LogP contribution is 2.29. The van der Waals surface area contributed by atoms with Gasteiger partial charge in [0.1, 0.15) is 5.75 Å². The topological polar surface area (TPSA) is 48.2 Å². The van der Waals surface area contributed by atoms with Gasteiger partial charge in [-0.05, 0) is 43.0 Å².